The van der Waals surface area contributed by atoms with Crippen LogP contribution in [0, 0.1) is 0 Å². The van der Waals surface area contributed by atoms with E-state index in [1.54, 1.807) is 6.92 Å². The number of halogens is 1. The second kappa shape index (κ2) is 4.40. The van der Waals surface area contributed by atoms with Crippen molar-refractivity contribution in [1.29, 1.82) is 0 Å². The fourth-order valence-electron chi connectivity index (χ4n) is 2.21. The second-order valence-corrected chi connectivity index (χ2v) is 6.04. The SMILES string of the molecule is CC(=O)N1CCc2[nH]nc(-c3ccc(Cl)s3)c2C1. The standard InChI is InChI=1S/C12H12ClN3OS/c1-7(17)16-5-4-9-8(6-16)12(15-14-9)10-2-3-11(13)18-10/h2-3H,4-6H2,1H3,(H,14,15). The molecule has 3 heterocycles. The molecule has 0 aromatic carbocycles. The minimum Gasteiger partial charge on any atom is -0.338 e. The van der Waals surface area contributed by atoms with Crippen LogP contribution < -0.4 is 0 Å². The summed E-state index contributed by atoms with van der Waals surface area (Å²) in [5.74, 6) is 0.108. The zero-order chi connectivity index (χ0) is 12.7. The van der Waals surface area contributed by atoms with Crippen molar-refractivity contribution in [2.45, 2.75) is 19.9 Å². The van der Waals surface area contributed by atoms with Crippen LogP contribution in [-0.4, -0.2) is 27.5 Å². The highest BCUT2D eigenvalue weighted by Gasteiger charge is 2.24. The molecule has 0 saturated heterocycles. The lowest BCUT2D eigenvalue weighted by Gasteiger charge is -2.25. The normalized spacial score (nSPS) is 14.7. The van der Waals surface area contributed by atoms with Gasteiger partial charge >= 0.3 is 0 Å². The average Bonchev–Trinajstić information content (AvgIpc) is 2.93. The zero-order valence-corrected chi connectivity index (χ0v) is 11.4. The summed E-state index contributed by atoms with van der Waals surface area (Å²) < 4.78 is 0.751. The first kappa shape index (κ1) is 11.7. The molecular weight excluding hydrogens is 270 g/mol. The maximum Gasteiger partial charge on any atom is 0.219 e. The number of thiophene rings is 1. The van der Waals surface area contributed by atoms with E-state index in [1.165, 1.54) is 11.3 Å². The van der Waals surface area contributed by atoms with E-state index in [0.717, 1.165) is 39.1 Å². The Bertz CT molecular complexity index is 604. The Morgan fingerprint density at radius 2 is 2.39 bits per heavy atom. The number of nitrogens with zero attached hydrogens (tertiary/aromatic N) is 2. The molecule has 94 valence electrons. The van der Waals surface area contributed by atoms with Crippen LogP contribution >= 0.6 is 22.9 Å². The summed E-state index contributed by atoms with van der Waals surface area (Å²) in [6, 6.07) is 3.84. The maximum atomic E-state index is 11.5. The number of carbonyl (C=O) groups is 1. The molecule has 0 spiro atoms. The third kappa shape index (κ3) is 1.93. The first-order chi connectivity index (χ1) is 8.65. The molecule has 4 nitrogen and oxygen atoms in total. The predicted octanol–water partition coefficient (Wildman–Crippen LogP) is 2.70. The average molecular weight is 282 g/mol. The van der Waals surface area contributed by atoms with Crippen molar-refractivity contribution in [2.75, 3.05) is 6.54 Å². The number of hydrogen-bond donors (Lipinski definition) is 1. The molecule has 2 aromatic rings. The van der Waals surface area contributed by atoms with E-state index in [0.29, 0.717) is 6.54 Å². The molecule has 0 saturated carbocycles. The van der Waals surface area contributed by atoms with Crippen molar-refractivity contribution >= 4 is 28.8 Å². The highest BCUT2D eigenvalue weighted by Crippen LogP contribution is 2.34. The Labute approximate surface area is 114 Å². The lowest BCUT2D eigenvalue weighted by Crippen LogP contribution is -2.34. The third-order valence-corrected chi connectivity index (χ3v) is 4.42. The number of hydrogen-bond acceptors (Lipinski definition) is 3. The fraction of sp³-hybridized carbons (Fsp3) is 0.333. The molecule has 18 heavy (non-hydrogen) atoms. The Kier molecular flexibility index (Phi) is 2.87. The summed E-state index contributed by atoms with van der Waals surface area (Å²) in [5.41, 5.74) is 3.18. The van der Waals surface area contributed by atoms with Gasteiger partial charge in [-0.2, -0.15) is 5.10 Å². The quantitative estimate of drug-likeness (QED) is 0.874. The number of aromatic amines is 1. The predicted molar refractivity (Wildman–Crippen MR) is 71.7 cm³/mol. The molecule has 2 aromatic heterocycles. The van der Waals surface area contributed by atoms with Gasteiger partial charge in [0.05, 0.1) is 9.21 Å². The summed E-state index contributed by atoms with van der Waals surface area (Å²) in [4.78, 5) is 14.3. The lowest BCUT2D eigenvalue weighted by atomic mass is 10.0. The van der Waals surface area contributed by atoms with Gasteiger partial charge in [-0.3, -0.25) is 9.89 Å². The number of fused-ring (bicyclic) bond motifs is 1. The van der Waals surface area contributed by atoms with Crippen LogP contribution in [0.15, 0.2) is 12.1 Å². The van der Waals surface area contributed by atoms with Gasteiger partial charge < -0.3 is 4.90 Å². The van der Waals surface area contributed by atoms with Gasteiger partial charge in [0, 0.05) is 37.7 Å². The monoisotopic (exact) mass is 281 g/mol. The Hall–Kier alpha value is -1.33. The second-order valence-electron chi connectivity index (χ2n) is 4.32. The van der Waals surface area contributed by atoms with Crippen LogP contribution in [0.25, 0.3) is 10.6 Å². The first-order valence-electron chi connectivity index (χ1n) is 5.72. The van der Waals surface area contributed by atoms with E-state index in [-0.39, 0.29) is 5.91 Å². The number of rotatable bonds is 1. The molecule has 0 aliphatic carbocycles. The molecule has 6 heteroatoms. The van der Waals surface area contributed by atoms with E-state index in [4.69, 9.17) is 11.6 Å². The van der Waals surface area contributed by atoms with Crippen molar-refractivity contribution in [3.63, 3.8) is 0 Å². The summed E-state index contributed by atoms with van der Waals surface area (Å²) in [6.07, 6.45) is 0.834. The molecule has 0 atom stereocenters. The van der Waals surface area contributed by atoms with Crippen LogP contribution in [0.5, 0.6) is 0 Å². The van der Waals surface area contributed by atoms with Crippen LogP contribution in [0.3, 0.4) is 0 Å². The van der Waals surface area contributed by atoms with Gasteiger partial charge in [-0.25, -0.2) is 0 Å². The van der Waals surface area contributed by atoms with Crippen LogP contribution in [0.2, 0.25) is 4.34 Å². The maximum absolute atomic E-state index is 11.5. The van der Waals surface area contributed by atoms with Gasteiger partial charge in [-0.1, -0.05) is 11.6 Å². The lowest BCUT2D eigenvalue weighted by molar-refractivity contribution is -0.129. The van der Waals surface area contributed by atoms with Crippen molar-refractivity contribution in [1.82, 2.24) is 15.1 Å². The molecule has 1 aliphatic heterocycles. The third-order valence-electron chi connectivity index (χ3n) is 3.19. The Morgan fingerprint density at radius 1 is 1.56 bits per heavy atom. The van der Waals surface area contributed by atoms with E-state index in [1.807, 2.05) is 17.0 Å². The summed E-state index contributed by atoms with van der Waals surface area (Å²) >= 11 is 7.46. The topological polar surface area (TPSA) is 49.0 Å². The van der Waals surface area contributed by atoms with E-state index in [9.17, 15) is 4.79 Å². The summed E-state index contributed by atoms with van der Waals surface area (Å²) in [5, 5.41) is 7.43. The van der Waals surface area contributed by atoms with Crippen molar-refractivity contribution in [2.24, 2.45) is 0 Å². The number of amides is 1. The molecule has 3 rings (SSSR count). The van der Waals surface area contributed by atoms with Crippen molar-refractivity contribution in [3.8, 4) is 10.6 Å². The molecule has 1 aliphatic rings. The van der Waals surface area contributed by atoms with Gasteiger partial charge in [0.25, 0.3) is 0 Å². The number of carbonyl (C=O) groups excluding carboxylic acids is 1. The Morgan fingerprint density at radius 3 is 3.06 bits per heavy atom. The van der Waals surface area contributed by atoms with Crippen LogP contribution in [0.4, 0.5) is 0 Å². The largest absolute Gasteiger partial charge is 0.338 e. The van der Waals surface area contributed by atoms with E-state index < -0.39 is 0 Å². The number of aromatic nitrogens is 2. The minimum absolute atomic E-state index is 0.108. The first-order valence-corrected chi connectivity index (χ1v) is 6.92. The molecule has 1 amide bonds. The summed E-state index contributed by atoms with van der Waals surface area (Å²) in [7, 11) is 0. The zero-order valence-electron chi connectivity index (χ0n) is 9.86. The minimum atomic E-state index is 0.108. The molecular formula is C12H12ClN3OS. The van der Waals surface area contributed by atoms with Crippen LogP contribution in [-0.2, 0) is 17.8 Å². The van der Waals surface area contributed by atoms with Crippen molar-refractivity contribution < 1.29 is 4.79 Å². The molecule has 0 bridgehead atoms. The van der Waals surface area contributed by atoms with Crippen molar-refractivity contribution in [3.05, 3.63) is 27.7 Å². The van der Waals surface area contributed by atoms with Gasteiger partial charge in [0.1, 0.15) is 5.69 Å². The molecule has 0 radical (unpaired) electrons. The molecule has 0 fully saturated rings. The van der Waals surface area contributed by atoms with Gasteiger partial charge in [-0.15, -0.1) is 11.3 Å². The van der Waals surface area contributed by atoms with Gasteiger partial charge in [0.15, 0.2) is 0 Å². The van der Waals surface area contributed by atoms with Gasteiger partial charge in [-0.05, 0) is 12.1 Å². The highest BCUT2D eigenvalue weighted by molar-refractivity contribution is 7.19. The van der Waals surface area contributed by atoms with E-state index >= 15 is 0 Å². The fourth-order valence-corrected chi connectivity index (χ4v) is 3.27. The molecule has 0 unspecified atom stereocenters. The summed E-state index contributed by atoms with van der Waals surface area (Å²) in [6.45, 7) is 2.99. The highest BCUT2D eigenvalue weighted by atomic mass is 35.5. The van der Waals surface area contributed by atoms with Crippen LogP contribution in [0.1, 0.15) is 18.2 Å². The van der Waals surface area contributed by atoms with Gasteiger partial charge in [0.2, 0.25) is 5.91 Å². The smallest absolute Gasteiger partial charge is 0.219 e. The van der Waals surface area contributed by atoms with E-state index in [2.05, 4.69) is 10.2 Å². The Balaban J connectivity index is 1.99. The number of H-pyrrole nitrogens is 1. The molecule has 1 N–H and O–H groups in total. The number of nitrogens with one attached hydrogen (secondary N) is 1.